The average molecular weight is 412 g/mol. The Bertz CT molecular complexity index is 871. The topological polar surface area (TPSA) is 74.3 Å². The minimum atomic E-state index is -0.150. The molecule has 2 N–H and O–H groups in total. The van der Waals surface area contributed by atoms with Crippen molar-refractivity contribution in [2.45, 2.75) is 32.4 Å². The van der Waals surface area contributed by atoms with Crippen LogP contribution in [0.5, 0.6) is 17.2 Å². The van der Waals surface area contributed by atoms with Crippen LogP contribution in [0.1, 0.15) is 25.3 Å². The van der Waals surface area contributed by atoms with Crippen molar-refractivity contribution >= 4 is 11.7 Å². The van der Waals surface area contributed by atoms with Gasteiger partial charge in [-0.1, -0.05) is 19.1 Å². The lowest BCUT2D eigenvalue weighted by molar-refractivity contribution is 0.171. The maximum Gasteiger partial charge on any atom is 0.322 e. The van der Waals surface area contributed by atoms with Crippen molar-refractivity contribution in [2.24, 2.45) is 0 Å². The summed E-state index contributed by atoms with van der Waals surface area (Å²) in [5.74, 6) is 1.57. The van der Waals surface area contributed by atoms with Gasteiger partial charge in [-0.05, 0) is 55.8 Å². The number of phenolic OH excluding ortho intramolecular Hbond substituents is 1. The van der Waals surface area contributed by atoms with Crippen molar-refractivity contribution in [1.29, 1.82) is 0 Å². The van der Waals surface area contributed by atoms with Gasteiger partial charge in [0.05, 0.1) is 0 Å². The zero-order valence-electron chi connectivity index (χ0n) is 17.3. The van der Waals surface area contributed by atoms with Gasteiger partial charge in [0.15, 0.2) is 11.5 Å². The van der Waals surface area contributed by atoms with Crippen molar-refractivity contribution < 1.29 is 19.4 Å². The van der Waals surface area contributed by atoms with Gasteiger partial charge >= 0.3 is 6.03 Å². The van der Waals surface area contributed by atoms with Crippen LogP contribution in [0.2, 0.25) is 0 Å². The third-order valence-corrected chi connectivity index (χ3v) is 5.73. The van der Waals surface area contributed by atoms with Crippen LogP contribution in [-0.4, -0.2) is 59.8 Å². The Kier molecular flexibility index (Phi) is 6.28. The number of phenols is 1. The fourth-order valence-corrected chi connectivity index (χ4v) is 4.14. The number of likely N-dealkylation sites (tertiary alicyclic amines) is 1. The van der Waals surface area contributed by atoms with E-state index < -0.39 is 0 Å². The number of benzene rings is 2. The molecule has 160 valence electrons. The molecule has 2 aromatic rings. The van der Waals surface area contributed by atoms with E-state index in [1.54, 1.807) is 18.2 Å². The van der Waals surface area contributed by atoms with Gasteiger partial charge in [-0.15, -0.1) is 0 Å². The molecule has 0 spiro atoms. The van der Waals surface area contributed by atoms with Gasteiger partial charge in [0.25, 0.3) is 0 Å². The summed E-state index contributed by atoms with van der Waals surface area (Å²) in [6.07, 6.45) is 2.26. The molecule has 1 fully saturated rings. The number of carbonyl (C=O) groups is 1. The van der Waals surface area contributed by atoms with Crippen LogP contribution in [0.3, 0.4) is 0 Å². The van der Waals surface area contributed by atoms with Crippen LogP contribution in [0.25, 0.3) is 0 Å². The highest BCUT2D eigenvalue weighted by atomic mass is 16.6. The first-order valence-corrected chi connectivity index (χ1v) is 10.6. The Balaban J connectivity index is 1.50. The lowest BCUT2D eigenvalue weighted by Crippen LogP contribution is -2.44. The number of likely N-dealkylation sites (N-methyl/N-ethyl adjacent to an activating group) is 1. The molecule has 2 aromatic carbocycles. The van der Waals surface area contributed by atoms with Gasteiger partial charge in [0.2, 0.25) is 0 Å². The van der Waals surface area contributed by atoms with Crippen molar-refractivity contribution in [3.8, 4) is 17.2 Å². The van der Waals surface area contributed by atoms with E-state index in [2.05, 4.69) is 17.1 Å². The lowest BCUT2D eigenvalue weighted by atomic mass is 10.1. The molecule has 2 aliphatic rings. The molecule has 7 nitrogen and oxygen atoms in total. The molecule has 1 saturated heterocycles. The minimum absolute atomic E-state index is 0.150. The molecule has 0 bridgehead atoms. The molecule has 1 atom stereocenters. The van der Waals surface area contributed by atoms with Gasteiger partial charge in [-0.3, -0.25) is 4.90 Å². The molecule has 1 unspecified atom stereocenters. The standard InChI is InChI=1S/C23H29N3O4/c1-2-25-11-3-4-19(25)16-26(15-17-5-8-20(27)9-6-17)23(28)24-18-7-10-21-22(14-18)30-13-12-29-21/h5-10,14,19,27H,2-4,11-13,15-16H2,1H3,(H,24,28). The molecule has 4 rings (SSSR count). The Morgan fingerprint density at radius 3 is 2.70 bits per heavy atom. The number of rotatable bonds is 6. The van der Waals surface area contributed by atoms with Crippen LogP contribution >= 0.6 is 0 Å². The fraction of sp³-hybridized carbons (Fsp3) is 0.435. The number of aromatic hydroxyl groups is 1. The zero-order valence-corrected chi connectivity index (χ0v) is 17.3. The summed E-state index contributed by atoms with van der Waals surface area (Å²) in [6, 6.07) is 12.7. The molecule has 7 heteroatoms. The SMILES string of the molecule is CCN1CCCC1CN(Cc1ccc(O)cc1)C(=O)Nc1ccc2c(c1)OCCO2. The first-order chi connectivity index (χ1) is 14.6. The van der Waals surface area contributed by atoms with E-state index in [0.29, 0.717) is 49.5 Å². The van der Waals surface area contributed by atoms with Crippen LogP contribution in [-0.2, 0) is 6.54 Å². The maximum atomic E-state index is 13.2. The van der Waals surface area contributed by atoms with E-state index in [0.717, 1.165) is 31.5 Å². The number of hydrogen-bond acceptors (Lipinski definition) is 5. The first-order valence-electron chi connectivity index (χ1n) is 10.6. The lowest BCUT2D eigenvalue weighted by Gasteiger charge is -2.30. The van der Waals surface area contributed by atoms with Crippen LogP contribution in [0.4, 0.5) is 10.5 Å². The number of urea groups is 1. The molecule has 0 aliphatic carbocycles. The Hall–Kier alpha value is -2.93. The second-order valence-electron chi connectivity index (χ2n) is 7.76. The average Bonchev–Trinajstić information content (AvgIpc) is 3.22. The maximum absolute atomic E-state index is 13.2. The second-order valence-corrected chi connectivity index (χ2v) is 7.76. The Morgan fingerprint density at radius 1 is 1.17 bits per heavy atom. The van der Waals surface area contributed by atoms with Crippen LogP contribution in [0.15, 0.2) is 42.5 Å². The molecule has 30 heavy (non-hydrogen) atoms. The smallest absolute Gasteiger partial charge is 0.322 e. The normalized spacial score (nSPS) is 18.2. The number of amides is 2. The van der Waals surface area contributed by atoms with E-state index in [4.69, 9.17) is 9.47 Å². The van der Waals surface area contributed by atoms with E-state index >= 15 is 0 Å². The third kappa shape index (κ3) is 4.79. The van der Waals surface area contributed by atoms with Crippen molar-refractivity contribution in [1.82, 2.24) is 9.80 Å². The summed E-state index contributed by atoms with van der Waals surface area (Å²) in [4.78, 5) is 17.5. The Morgan fingerprint density at radius 2 is 1.93 bits per heavy atom. The van der Waals surface area contributed by atoms with Crippen molar-refractivity contribution in [2.75, 3.05) is 38.2 Å². The second kappa shape index (κ2) is 9.26. The number of ether oxygens (including phenoxy) is 2. The largest absolute Gasteiger partial charge is 0.508 e. The number of hydrogen-bond donors (Lipinski definition) is 2. The highest BCUT2D eigenvalue weighted by molar-refractivity contribution is 5.89. The molecule has 2 amide bonds. The number of nitrogens with one attached hydrogen (secondary N) is 1. The molecule has 0 radical (unpaired) electrons. The summed E-state index contributed by atoms with van der Waals surface area (Å²) < 4.78 is 11.2. The Labute approximate surface area is 177 Å². The van der Waals surface area contributed by atoms with E-state index in [-0.39, 0.29) is 11.8 Å². The minimum Gasteiger partial charge on any atom is -0.508 e. The summed E-state index contributed by atoms with van der Waals surface area (Å²) in [5.41, 5.74) is 1.66. The molecular formula is C23H29N3O4. The van der Waals surface area contributed by atoms with Crippen molar-refractivity contribution in [3.63, 3.8) is 0 Å². The van der Waals surface area contributed by atoms with Gasteiger partial charge in [0, 0.05) is 30.9 Å². The fourth-order valence-electron chi connectivity index (χ4n) is 4.14. The van der Waals surface area contributed by atoms with Gasteiger partial charge < -0.3 is 24.8 Å². The highest BCUT2D eigenvalue weighted by Gasteiger charge is 2.27. The van der Waals surface area contributed by atoms with Crippen LogP contribution in [0, 0.1) is 0 Å². The van der Waals surface area contributed by atoms with E-state index in [1.807, 2.05) is 29.2 Å². The molecule has 2 heterocycles. The van der Waals surface area contributed by atoms with Crippen LogP contribution < -0.4 is 14.8 Å². The summed E-state index contributed by atoms with van der Waals surface area (Å²) in [6.45, 7) is 6.41. The van der Waals surface area contributed by atoms with Crippen molar-refractivity contribution in [3.05, 3.63) is 48.0 Å². The molecule has 2 aliphatic heterocycles. The highest BCUT2D eigenvalue weighted by Crippen LogP contribution is 2.32. The van der Waals surface area contributed by atoms with Gasteiger partial charge in [-0.25, -0.2) is 4.79 Å². The zero-order chi connectivity index (χ0) is 20.9. The summed E-state index contributed by atoms with van der Waals surface area (Å²) in [7, 11) is 0. The predicted molar refractivity (Wildman–Crippen MR) is 115 cm³/mol. The van der Waals surface area contributed by atoms with Gasteiger partial charge in [0.1, 0.15) is 19.0 Å². The third-order valence-electron chi connectivity index (χ3n) is 5.73. The first kappa shape index (κ1) is 20.3. The predicted octanol–water partition coefficient (Wildman–Crippen LogP) is 3.68. The van der Waals surface area contributed by atoms with Gasteiger partial charge in [-0.2, -0.15) is 0 Å². The quantitative estimate of drug-likeness (QED) is 0.759. The van der Waals surface area contributed by atoms with E-state index in [9.17, 15) is 9.90 Å². The molecular weight excluding hydrogens is 382 g/mol. The number of fused-ring (bicyclic) bond motifs is 1. The summed E-state index contributed by atoms with van der Waals surface area (Å²) >= 11 is 0. The molecule has 0 saturated carbocycles. The number of carbonyl (C=O) groups excluding carboxylic acids is 1. The molecule has 0 aromatic heterocycles. The van der Waals surface area contributed by atoms with E-state index in [1.165, 1.54) is 0 Å². The monoisotopic (exact) mass is 411 g/mol. The number of nitrogens with zero attached hydrogens (tertiary/aromatic N) is 2. The summed E-state index contributed by atoms with van der Waals surface area (Å²) in [5, 5.41) is 12.6. The number of anilines is 1.